The van der Waals surface area contributed by atoms with Crippen molar-refractivity contribution in [2.24, 2.45) is 11.7 Å². The molecular weight excluding hydrogens is 196 g/mol. The van der Waals surface area contributed by atoms with Crippen LogP contribution in [0.1, 0.15) is 57.8 Å². The van der Waals surface area contributed by atoms with Crippen molar-refractivity contribution < 1.29 is 0 Å². The predicted molar refractivity (Wildman–Crippen MR) is 67.3 cm³/mol. The number of piperidine rings is 1. The second kappa shape index (κ2) is 4.30. The third-order valence-electron chi connectivity index (χ3n) is 5.27. The Bertz CT molecular complexity index is 245. The zero-order valence-electron chi connectivity index (χ0n) is 10.5. The summed E-state index contributed by atoms with van der Waals surface area (Å²) in [4.78, 5) is 2.73. The molecule has 0 aromatic carbocycles. The van der Waals surface area contributed by atoms with Gasteiger partial charge in [0.1, 0.15) is 0 Å². The van der Waals surface area contributed by atoms with E-state index in [1.807, 2.05) is 0 Å². The molecule has 16 heavy (non-hydrogen) atoms. The quantitative estimate of drug-likeness (QED) is 0.795. The third kappa shape index (κ3) is 2.14. The van der Waals surface area contributed by atoms with Gasteiger partial charge in [-0.3, -0.25) is 0 Å². The van der Waals surface area contributed by atoms with E-state index in [-0.39, 0.29) is 5.54 Å². The van der Waals surface area contributed by atoms with E-state index < -0.39 is 0 Å². The van der Waals surface area contributed by atoms with Crippen LogP contribution in [0.3, 0.4) is 0 Å². The van der Waals surface area contributed by atoms with Crippen LogP contribution in [0.4, 0.5) is 0 Å². The maximum atomic E-state index is 6.51. The van der Waals surface area contributed by atoms with Crippen LogP contribution in [0, 0.1) is 5.92 Å². The summed E-state index contributed by atoms with van der Waals surface area (Å²) in [7, 11) is 0. The molecule has 0 radical (unpaired) electrons. The Morgan fingerprint density at radius 3 is 2.56 bits per heavy atom. The van der Waals surface area contributed by atoms with Gasteiger partial charge in [0.25, 0.3) is 0 Å². The average Bonchev–Trinajstić information content (AvgIpc) is 2.89. The molecule has 2 nitrogen and oxygen atoms in total. The van der Waals surface area contributed by atoms with Gasteiger partial charge in [-0.25, -0.2) is 0 Å². The van der Waals surface area contributed by atoms with Crippen LogP contribution < -0.4 is 5.73 Å². The van der Waals surface area contributed by atoms with Gasteiger partial charge in [0.05, 0.1) is 0 Å². The minimum Gasteiger partial charge on any atom is -0.325 e. The van der Waals surface area contributed by atoms with Crippen molar-refractivity contribution in [3.63, 3.8) is 0 Å². The number of hydrogen-bond donors (Lipinski definition) is 1. The highest BCUT2D eigenvalue weighted by molar-refractivity contribution is 4.94. The summed E-state index contributed by atoms with van der Waals surface area (Å²) in [5.41, 5.74) is 6.70. The SMILES string of the molecule is NC1(CCN2CC3CCC2C3)CCCCC1. The van der Waals surface area contributed by atoms with Gasteiger partial charge >= 0.3 is 0 Å². The number of fused-ring (bicyclic) bond motifs is 2. The van der Waals surface area contributed by atoms with Crippen LogP contribution in [-0.2, 0) is 0 Å². The molecule has 3 aliphatic rings. The molecule has 2 heteroatoms. The Morgan fingerprint density at radius 1 is 1.12 bits per heavy atom. The number of nitrogens with zero attached hydrogens (tertiary/aromatic N) is 1. The molecule has 2 atom stereocenters. The highest BCUT2D eigenvalue weighted by Crippen LogP contribution is 2.38. The average molecular weight is 222 g/mol. The van der Waals surface area contributed by atoms with Crippen molar-refractivity contribution in [2.75, 3.05) is 13.1 Å². The van der Waals surface area contributed by atoms with Crippen LogP contribution in [0.25, 0.3) is 0 Å². The van der Waals surface area contributed by atoms with Gasteiger partial charge in [0.2, 0.25) is 0 Å². The van der Waals surface area contributed by atoms with E-state index in [1.54, 1.807) is 0 Å². The number of nitrogens with two attached hydrogens (primary N) is 1. The van der Waals surface area contributed by atoms with E-state index in [1.165, 1.54) is 70.9 Å². The second-order valence-electron chi connectivity index (χ2n) is 6.50. The first-order valence-electron chi connectivity index (χ1n) is 7.28. The van der Waals surface area contributed by atoms with Gasteiger partial charge in [-0.05, 0) is 44.4 Å². The summed E-state index contributed by atoms with van der Waals surface area (Å²) >= 11 is 0. The maximum absolute atomic E-state index is 6.51. The van der Waals surface area contributed by atoms with Crippen molar-refractivity contribution in [1.29, 1.82) is 0 Å². The molecular formula is C14H26N2. The lowest BCUT2D eigenvalue weighted by Gasteiger charge is -2.36. The number of rotatable bonds is 3. The Labute approximate surface area is 99.6 Å². The van der Waals surface area contributed by atoms with E-state index in [2.05, 4.69) is 4.90 Å². The molecule has 2 N–H and O–H groups in total. The van der Waals surface area contributed by atoms with E-state index in [0.717, 1.165) is 12.0 Å². The van der Waals surface area contributed by atoms with E-state index in [9.17, 15) is 0 Å². The van der Waals surface area contributed by atoms with Crippen LogP contribution >= 0.6 is 0 Å². The molecule has 2 bridgehead atoms. The van der Waals surface area contributed by atoms with Crippen LogP contribution in [0.5, 0.6) is 0 Å². The highest BCUT2D eigenvalue weighted by Gasteiger charge is 2.38. The summed E-state index contributed by atoms with van der Waals surface area (Å²) in [5.74, 6) is 1.03. The lowest BCUT2D eigenvalue weighted by Crippen LogP contribution is -2.45. The molecule has 2 aliphatic carbocycles. The first kappa shape index (κ1) is 11.0. The molecule has 0 spiro atoms. The normalized spacial score (nSPS) is 38.1. The largest absolute Gasteiger partial charge is 0.325 e. The molecule has 0 amide bonds. The summed E-state index contributed by atoms with van der Waals surface area (Å²) < 4.78 is 0. The second-order valence-corrected chi connectivity index (χ2v) is 6.50. The third-order valence-corrected chi connectivity index (χ3v) is 5.27. The van der Waals surface area contributed by atoms with Gasteiger partial charge in [0, 0.05) is 24.7 Å². The Morgan fingerprint density at radius 2 is 1.94 bits per heavy atom. The van der Waals surface area contributed by atoms with Crippen molar-refractivity contribution in [2.45, 2.75) is 69.4 Å². The van der Waals surface area contributed by atoms with Gasteiger partial charge in [0.15, 0.2) is 0 Å². The van der Waals surface area contributed by atoms with Crippen LogP contribution in [0.2, 0.25) is 0 Å². The molecule has 2 unspecified atom stereocenters. The van der Waals surface area contributed by atoms with Crippen molar-refractivity contribution in [1.82, 2.24) is 4.90 Å². The predicted octanol–water partition coefficient (Wildman–Crippen LogP) is 2.52. The number of hydrogen-bond acceptors (Lipinski definition) is 2. The van der Waals surface area contributed by atoms with Gasteiger partial charge < -0.3 is 10.6 Å². The minimum absolute atomic E-state index is 0.195. The fraction of sp³-hybridized carbons (Fsp3) is 1.00. The van der Waals surface area contributed by atoms with Gasteiger partial charge in [-0.15, -0.1) is 0 Å². The zero-order chi connectivity index (χ0) is 11.0. The monoisotopic (exact) mass is 222 g/mol. The van der Waals surface area contributed by atoms with Crippen molar-refractivity contribution >= 4 is 0 Å². The Hall–Kier alpha value is -0.0800. The first-order valence-corrected chi connectivity index (χ1v) is 7.28. The molecule has 0 aromatic heterocycles. The summed E-state index contributed by atoms with van der Waals surface area (Å²) in [6, 6.07) is 0.928. The maximum Gasteiger partial charge on any atom is 0.0166 e. The number of likely N-dealkylation sites (tertiary alicyclic amines) is 1. The lowest BCUT2D eigenvalue weighted by atomic mass is 9.80. The molecule has 2 saturated carbocycles. The molecule has 0 aromatic rings. The standard InChI is InChI=1S/C14H26N2/c15-14(6-2-1-3-7-14)8-9-16-11-12-4-5-13(16)10-12/h12-13H,1-11,15H2. The van der Waals surface area contributed by atoms with Crippen LogP contribution in [-0.4, -0.2) is 29.6 Å². The molecule has 1 saturated heterocycles. The van der Waals surface area contributed by atoms with Crippen molar-refractivity contribution in [3.05, 3.63) is 0 Å². The molecule has 1 aliphatic heterocycles. The molecule has 1 heterocycles. The fourth-order valence-corrected chi connectivity index (χ4v) is 4.17. The Kier molecular flexibility index (Phi) is 2.97. The van der Waals surface area contributed by atoms with Crippen LogP contribution in [0.15, 0.2) is 0 Å². The smallest absolute Gasteiger partial charge is 0.0166 e. The van der Waals surface area contributed by atoms with E-state index >= 15 is 0 Å². The molecule has 92 valence electrons. The van der Waals surface area contributed by atoms with E-state index in [4.69, 9.17) is 5.73 Å². The summed E-state index contributed by atoms with van der Waals surface area (Å²) in [6.45, 7) is 2.65. The van der Waals surface area contributed by atoms with E-state index in [0.29, 0.717) is 0 Å². The molecule has 3 fully saturated rings. The zero-order valence-corrected chi connectivity index (χ0v) is 10.5. The van der Waals surface area contributed by atoms with Crippen molar-refractivity contribution in [3.8, 4) is 0 Å². The Balaban J connectivity index is 1.49. The highest BCUT2D eigenvalue weighted by atomic mass is 15.2. The summed E-state index contributed by atoms with van der Waals surface area (Å²) in [6.07, 6.45) is 12.4. The fourth-order valence-electron chi connectivity index (χ4n) is 4.17. The van der Waals surface area contributed by atoms with Gasteiger partial charge in [-0.1, -0.05) is 19.3 Å². The minimum atomic E-state index is 0.195. The first-order chi connectivity index (χ1) is 7.75. The summed E-state index contributed by atoms with van der Waals surface area (Å²) in [5, 5.41) is 0. The topological polar surface area (TPSA) is 29.3 Å². The molecule has 3 rings (SSSR count). The lowest BCUT2D eigenvalue weighted by molar-refractivity contribution is 0.174. The van der Waals surface area contributed by atoms with Gasteiger partial charge in [-0.2, -0.15) is 0 Å².